The van der Waals surface area contributed by atoms with Gasteiger partial charge in [-0.1, -0.05) is 0 Å². The second-order valence-electron chi connectivity index (χ2n) is 7.18. The molecule has 6 nitrogen and oxygen atoms in total. The Morgan fingerprint density at radius 2 is 2.04 bits per heavy atom. The van der Waals surface area contributed by atoms with E-state index in [-0.39, 0.29) is 24.4 Å². The number of nitrogens with zero attached hydrogens (tertiary/aromatic N) is 2. The summed E-state index contributed by atoms with van der Waals surface area (Å²) in [5, 5.41) is 0. The molecule has 1 amide bonds. The summed E-state index contributed by atoms with van der Waals surface area (Å²) < 4.78 is 30.2. The first-order chi connectivity index (χ1) is 12.7. The summed E-state index contributed by atoms with van der Waals surface area (Å²) >= 11 is 0. The zero-order chi connectivity index (χ0) is 17.9. The molecule has 2 fully saturated rings. The SMILES string of the molecule is O=C(C1CCCN(Cc2cc(F)cc3c2OCOC3)C1)N1CCOCC1. The molecule has 1 unspecified atom stereocenters. The largest absolute Gasteiger partial charge is 0.467 e. The third-order valence-corrected chi connectivity index (χ3v) is 5.32. The Kier molecular flexibility index (Phi) is 5.38. The number of hydrogen-bond donors (Lipinski definition) is 0. The Balaban J connectivity index is 1.44. The van der Waals surface area contributed by atoms with Crippen LogP contribution in [0.5, 0.6) is 5.75 Å². The van der Waals surface area contributed by atoms with Crippen LogP contribution in [0.3, 0.4) is 0 Å². The minimum Gasteiger partial charge on any atom is -0.467 e. The molecule has 0 bridgehead atoms. The maximum atomic E-state index is 14.0. The first-order valence-electron chi connectivity index (χ1n) is 9.31. The number of piperidine rings is 1. The summed E-state index contributed by atoms with van der Waals surface area (Å²) in [6.07, 6.45) is 1.89. The van der Waals surface area contributed by atoms with Gasteiger partial charge in [-0.3, -0.25) is 9.69 Å². The highest BCUT2D eigenvalue weighted by molar-refractivity contribution is 5.79. The van der Waals surface area contributed by atoms with Crippen LogP contribution >= 0.6 is 0 Å². The first-order valence-corrected chi connectivity index (χ1v) is 9.31. The van der Waals surface area contributed by atoms with Crippen molar-refractivity contribution in [3.05, 3.63) is 29.1 Å². The lowest BCUT2D eigenvalue weighted by molar-refractivity contribution is -0.141. The molecule has 3 aliphatic rings. The van der Waals surface area contributed by atoms with Gasteiger partial charge in [0, 0.05) is 37.3 Å². The second-order valence-corrected chi connectivity index (χ2v) is 7.18. The van der Waals surface area contributed by atoms with Crippen molar-refractivity contribution in [1.29, 1.82) is 0 Å². The summed E-state index contributed by atoms with van der Waals surface area (Å²) in [4.78, 5) is 16.9. The highest BCUT2D eigenvalue weighted by atomic mass is 19.1. The van der Waals surface area contributed by atoms with Crippen molar-refractivity contribution >= 4 is 5.91 Å². The van der Waals surface area contributed by atoms with E-state index < -0.39 is 0 Å². The molecular weight excluding hydrogens is 339 g/mol. The number of morpholine rings is 1. The first kappa shape index (κ1) is 17.7. The van der Waals surface area contributed by atoms with Gasteiger partial charge in [-0.2, -0.15) is 0 Å². The average Bonchev–Trinajstić information content (AvgIpc) is 2.68. The normalized spacial score (nSPS) is 24.0. The maximum absolute atomic E-state index is 14.0. The van der Waals surface area contributed by atoms with Crippen LogP contribution < -0.4 is 4.74 Å². The molecule has 4 rings (SSSR count). The van der Waals surface area contributed by atoms with Crippen molar-refractivity contribution in [3.8, 4) is 5.75 Å². The van der Waals surface area contributed by atoms with E-state index in [1.807, 2.05) is 4.90 Å². The molecule has 0 saturated carbocycles. The molecule has 1 atom stereocenters. The number of likely N-dealkylation sites (tertiary alicyclic amines) is 1. The molecule has 7 heteroatoms. The fraction of sp³-hybridized carbons (Fsp3) is 0.632. The van der Waals surface area contributed by atoms with E-state index in [0.717, 1.165) is 36.3 Å². The van der Waals surface area contributed by atoms with Crippen LogP contribution in [0.4, 0.5) is 4.39 Å². The summed E-state index contributed by atoms with van der Waals surface area (Å²) in [5.41, 5.74) is 1.59. The van der Waals surface area contributed by atoms with Gasteiger partial charge < -0.3 is 19.1 Å². The van der Waals surface area contributed by atoms with Gasteiger partial charge >= 0.3 is 0 Å². The van der Waals surface area contributed by atoms with Crippen LogP contribution in [0.1, 0.15) is 24.0 Å². The predicted octanol–water partition coefficient (Wildman–Crippen LogP) is 1.76. The topological polar surface area (TPSA) is 51.2 Å². The van der Waals surface area contributed by atoms with Gasteiger partial charge in [-0.15, -0.1) is 0 Å². The lowest BCUT2D eigenvalue weighted by atomic mass is 9.95. The van der Waals surface area contributed by atoms with Crippen LogP contribution in [0, 0.1) is 11.7 Å². The van der Waals surface area contributed by atoms with Gasteiger partial charge in [0.05, 0.1) is 25.7 Å². The molecule has 1 aromatic carbocycles. The lowest BCUT2D eigenvalue weighted by Crippen LogP contribution is -2.48. The number of rotatable bonds is 3. The standard InChI is InChI=1S/C19H25FN2O4/c20-17-8-15(18-16(9-17)12-25-13-26-18)11-21-3-1-2-14(10-21)19(23)22-4-6-24-7-5-22/h8-9,14H,1-7,10-13H2. The van der Waals surface area contributed by atoms with E-state index in [9.17, 15) is 9.18 Å². The Morgan fingerprint density at radius 3 is 2.88 bits per heavy atom. The van der Waals surface area contributed by atoms with Crippen molar-refractivity contribution in [2.45, 2.75) is 26.0 Å². The molecule has 2 saturated heterocycles. The number of carbonyl (C=O) groups is 1. The predicted molar refractivity (Wildman–Crippen MR) is 92.1 cm³/mol. The van der Waals surface area contributed by atoms with E-state index in [1.54, 1.807) is 0 Å². The Labute approximate surface area is 152 Å². The molecule has 0 N–H and O–H groups in total. The average molecular weight is 364 g/mol. The number of fused-ring (bicyclic) bond motifs is 1. The summed E-state index contributed by atoms with van der Waals surface area (Å²) in [7, 11) is 0. The van der Waals surface area contributed by atoms with E-state index in [1.165, 1.54) is 12.1 Å². The van der Waals surface area contributed by atoms with E-state index in [4.69, 9.17) is 14.2 Å². The van der Waals surface area contributed by atoms with Gasteiger partial charge in [0.15, 0.2) is 6.79 Å². The van der Waals surface area contributed by atoms with E-state index in [2.05, 4.69) is 4.90 Å². The molecule has 1 aromatic rings. The number of carbonyl (C=O) groups excluding carboxylic acids is 1. The number of ether oxygens (including phenoxy) is 3. The minimum atomic E-state index is -0.272. The van der Waals surface area contributed by atoms with Gasteiger partial charge in [0.1, 0.15) is 11.6 Å². The van der Waals surface area contributed by atoms with E-state index >= 15 is 0 Å². The fourth-order valence-corrected chi connectivity index (χ4v) is 4.06. The maximum Gasteiger partial charge on any atom is 0.227 e. The summed E-state index contributed by atoms with van der Waals surface area (Å²) in [5.74, 6) is 0.699. The van der Waals surface area contributed by atoms with Crippen LogP contribution in [0.2, 0.25) is 0 Å². The van der Waals surface area contributed by atoms with Crippen molar-refractivity contribution in [2.75, 3.05) is 46.2 Å². The van der Waals surface area contributed by atoms with Crippen LogP contribution in [-0.2, 0) is 27.4 Å². The third kappa shape index (κ3) is 3.84. The lowest BCUT2D eigenvalue weighted by Gasteiger charge is -2.36. The zero-order valence-electron chi connectivity index (χ0n) is 14.9. The van der Waals surface area contributed by atoms with Crippen molar-refractivity contribution in [3.63, 3.8) is 0 Å². The van der Waals surface area contributed by atoms with Crippen LogP contribution in [-0.4, -0.2) is 61.9 Å². The van der Waals surface area contributed by atoms with Gasteiger partial charge in [0.25, 0.3) is 0 Å². The van der Waals surface area contributed by atoms with Crippen molar-refractivity contribution in [2.24, 2.45) is 5.92 Å². The molecule has 3 aliphatic heterocycles. The van der Waals surface area contributed by atoms with E-state index in [0.29, 0.717) is 46.0 Å². The number of amides is 1. The molecule has 0 aromatic heterocycles. The summed E-state index contributed by atoms with van der Waals surface area (Å²) in [6, 6.07) is 3.01. The molecule has 0 aliphatic carbocycles. The zero-order valence-corrected chi connectivity index (χ0v) is 14.9. The molecule has 142 valence electrons. The van der Waals surface area contributed by atoms with Gasteiger partial charge in [-0.05, 0) is 31.5 Å². The monoisotopic (exact) mass is 364 g/mol. The third-order valence-electron chi connectivity index (χ3n) is 5.32. The Morgan fingerprint density at radius 1 is 1.19 bits per heavy atom. The molecule has 26 heavy (non-hydrogen) atoms. The molecule has 0 spiro atoms. The minimum absolute atomic E-state index is 0.00971. The Bertz CT molecular complexity index is 663. The quantitative estimate of drug-likeness (QED) is 0.818. The van der Waals surface area contributed by atoms with Crippen LogP contribution in [0.15, 0.2) is 12.1 Å². The van der Waals surface area contributed by atoms with Gasteiger partial charge in [0.2, 0.25) is 5.91 Å². The van der Waals surface area contributed by atoms with Gasteiger partial charge in [-0.25, -0.2) is 4.39 Å². The number of halogens is 1. The molecule has 3 heterocycles. The highest BCUT2D eigenvalue weighted by Gasteiger charge is 2.30. The number of hydrogen-bond acceptors (Lipinski definition) is 5. The summed E-state index contributed by atoms with van der Waals surface area (Å²) in [6.45, 7) is 5.39. The number of benzene rings is 1. The van der Waals surface area contributed by atoms with Crippen molar-refractivity contribution in [1.82, 2.24) is 9.80 Å². The van der Waals surface area contributed by atoms with Crippen LogP contribution in [0.25, 0.3) is 0 Å². The fourth-order valence-electron chi connectivity index (χ4n) is 4.06. The van der Waals surface area contributed by atoms with Crippen molar-refractivity contribution < 1.29 is 23.4 Å². The smallest absolute Gasteiger partial charge is 0.227 e. The highest BCUT2D eigenvalue weighted by Crippen LogP contribution is 2.31. The molecular formula is C19H25FN2O4. The molecule has 0 radical (unpaired) electrons. The Hall–Kier alpha value is -1.70. The second kappa shape index (κ2) is 7.90.